The van der Waals surface area contributed by atoms with Gasteiger partial charge in [-0.3, -0.25) is 0 Å². The molecular weight excluding hydrogens is 965 g/mol. The third-order valence-corrected chi connectivity index (χ3v) is 26.2. The van der Waals surface area contributed by atoms with Crippen LogP contribution >= 0.6 is 0 Å². The zero-order chi connectivity index (χ0) is 53.6. The summed E-state index contributed by atoms with van der Waals surface area (Å²) in [6.07, 6.45) is 0. The maximum Gasteiger partial charge on any atom is 0.200 e. The molecule has 14 heteroatoms. The van der Waals surface area contributed by atoms with Gasteiger partial charge in [0.2, 0.25) is 0 Å². The minimum absolute atomic E-state index is 0.467. The third kappa shape index (κ3) is 21.0. The number of ether oxygens (including phenoxy) is 8. The summed E-state index contributed by atoms with van der Waals surface area (Å²) in [4.78, 5) is 0. The monoisotopic (exact) mass is 1060 g/mol. The van der Waals surface area contributed by atoms with Crippen LogP contribution in [0.15, 0.2) is 97.1 Å². The fraction of sp³-hybridized carbons (Fsp3) is 0.600. The normalized spacial score (nSPS) is 12.3. The van der Waals surface area contributed by atoms with Gasteiger partial charge in [-0.1, -0.05) is 132 Å². The molecule has 4 aromatic rings. The second-order valence-corrected chi connectivity index (χ2v) is 31.7. The van der Waals surface area contributed by atoms with Crippen molar-refractivity contribution in [1.82, 2.24) is 0 Å². The molecule has 0 saturated heterocycles. The van der Waals surface area contributed by atoms with E-state index in [0.29, 0.717) is 146 Å². The Labute approximate surface area is 449 Å². The first-order chi connectivity index (χ1) is 35.7. The summed E-state index contributed by atoms with van der Waals surface area (Å²) < 4.78 is 59.6. The van der Waals surface area contributed by atoms with Gasteiger partial charge >= 0.3 is 0 Å². The van der Waals surface area contributed by atoms with Gasteiger partial charge in [-0.15, -0.1) is 0 Å². The fourth-order valence-electron chi connectivity index (χ4n) is 10.5. The maximum atomic E-state index is 6.57. The molecule has 74 heavy (non-hydrogen) atoms. The zero-order valence-corrected chi connectivity index (χ0v) is 49.5. The number of rotatable bonds is 41. The lowest BCUT2D eigenvalue weighted by Gasteiger charge is -2.42. The van der Waals surface area contributed by atoms with Gasteiger partial charge in [0.1, 0.15) is 24.7 Å². The molecule has 0 atom stereocenters. The topological polar surface area (TPSA) is 116 Å². The summed E-state index contributed by atoms with van der Waals surface area (Å²) in [5.74, 6) is 1.62. The highest BCUT2D eigenvalue weighted by molar-refractivity contribution is 6.78. The molecule has 0 bridgehead atoms. The molecule has 0 aliphatic rings. The van der Waals surface area contributed by atoms with Crippen LogP contribution in [0.4, 0.5) is 11.4 Å². The van der Waals surface area contributed by atoms with Crippen LogP contribution in [0.2, 0.25) is 33.2 Å². The smallest absolute Gasteiger partial charge is 0.200 e. The largest absolute Gasteiger partial charge is 0.491 e. The van der Waals surface area contributed by atoms with Crippen LogP contribution in [0.1, 0.15) is 83.1 Å². The average Bonchev–Trinajstić information content (AvgIpc) is 3.38. The number of hydrogen-bond acceptors (Lipinski definition) is 12. The summed E-state index contributed by atoms with van der Waals surface area (Å²) in [6, 6.07) is 33.2. The van der Waals surface area contributed by atoms with Gasteiger partial charge in [0, 0.05) is 24.5 Å². The van der Waals surface area contributed by atoms with E-state index in [1.54, 1.807) is 0 Å². The van der Waals surface area contributed by atoms with Gasteiger partial charge in [-0.2, -0.15) is 0 Å². The van der Waals surface area contributed by atoms with E-state index in [9.17, 15) is 0 Å². The van der Waals surface area contributed by atoms with E-state index in [0.717, 1.165) is 40.5 Å². The summed E-state index contributed by atoms with van der Waals surface area (Å²) >= 11 is 0. The summed E-state index contributed by atoms with van der Waals surface area (Å²) in [5.41, 5.74) is 10.1. The molecule has 0 unspecified atom stereocenters. The Morgan fingerprint density at radius 1 is 0.284 bits per heavy atom. The second-order valence-electron chi connectivity index (χ2n) is 20.8. The number of anilines is 2. The lowest BCUT2D eigenvalue weighted by molar-refractivity contribution is 0.0256. The fourth-order valence-corrected chi connectivity index (χ4v) is 21.4. The maximum absolute atomic E-state index is 6.57. The molecule has 12 nitrogen and oxygen atoms in total. The van der Waals surface area contributed by atoms with Crippen LogP contribution in [0, 0.1) is 0 Å². The highest BCUT2D eigenvalue weighted by atomic mass is 28.4. The van der Waals surface area contributed by atoms with Crippen molar-refractivity contribution in [2.75, 3.05) is 129 Å². The quantitative estimate of drug-likeness (QED) is 0.0326. The highest BCUT2D eigenvalue weighted by Crippen LogP contribution is 2.43. The van der Waals surface area contributed by atoms with Crippen LogP contribution in [0.25, 0.3) is 22.3 Å². The van der Waals surface area contributed by atoms with Crippen molar-refractivity contribution < 1.29 is 46.7 Å². The minimum Gasteiger partial charge on any atom is -0.491 e. The number of hydrogen-bond donors (Lipinski definition) is 2. The Kier molecular flexibility index (Phi) is 29.5. The molecule has 2 N–H and O–H groups in total. The van der Waals surface area contributed by atoms with Gasteiger partial charge in [-0.25, -0.2) is 0 Å². The molecule has 0 aromatic heterocycles. The van der Waals surface area contributed by atoms with E-state index in [2.05, 4.69) is 167 Å². The van der Waals surface area contributed by atoms with Gasteiger partial charge < -0.3 is 57.4 Å². The van der Waals surface area contributed by atoms with Gasteiger partial charge in [0.05, 0.1) is 92.5 Å². The van der Waals surface area contributed by atoms with Crippen LogP contribution in [-0.4, -0.2) is 135 Å². The van der Waals surface area contributed by atoms with E-state index in [1.165, 1.54) is 11.1 Å². The van der Waals surface area contributed by atoms with Gasteiger partial charge in [0.15, 0.2) is 16.6 Å². The third-order valence-electron chi connectivity index (χ3n) is 14.0. The molecule has 0 amide bonds. The van der Waals surface area contributed by atoms with E-state index in [1.807, 2.05) is 24.3 Å². The molecule has 0 saturated carbocycles. The molecule has 0 heterocycles. The van der Waals surface area contributed by atoms with Crippen molar-refractivity contribution in [3.63, 3.8) is 0 Å². The Morgan fingerprint density at radius 3 is 0.784 bits per heavy atom. The van der Waals surface area contributed by atoms with Crippen LogP contribution in [-0.2, 0) is 37.3 Å². The predicted octanol–water partition coefficient (Wildman–Crippen LogP) is 13.8. The van der Waals surface area contributed by atoms with Crippen molar-refractivity contribution in [2.24, 2.45) is 0 Å². The summed E-state index contributed by atoms with van der Waals surface area (Å²) in [7, 11) is -3.69. The Morgan fingerprint density at radius 2 is 0.514 bits per heavy atom. The number of benzene rings is 4. The lowest BCUT2D eigenvalue weighted by Crippen LogP contribution is -2.48. The first-order valence-corrected chi connectivity index (χ1v) is 31.9. The van der Waals surface area contributed by atoms with Crippen LogP contribution in [0.5, 0.6) is 11.5 Å². The Hall–Kier alpha value is -3.81. The van der Waals surface area contributed by atoms with Crippen molar-refractivity contribution in [2.45, 2.75) is 116 Å². The van der Waals surface area contributed by atoms with Crippen molar-refractivity contribution in [3.8, 4) is 33.8 Å². The van der Waals surface area contributed by atoms with Gasteiger partial charge in [-0.05, 0) is 104 Å². The molecule has 0 aliphatic heterocycles. The van der Waals surface area contributed by atoms with Crippen molar-refractivity contribution in [3.05, 3.63) is 97.1 Å². The highest BCUT2D eigenvalue weighted by Gasteiger charge is 2.45. The first-order valence-electron chi connectivity index (χ1n) is 27.6. The lowest BCUT2D eigenvalue weighted by atomic mass is 10.1. The predicted molar refractivity (Wildman–Crippen MR) is 311 cm³/mol. The SMILES string of the molecule is CC(C)[Si](OCCOCCOCCNc1ccc(-c2ccc(NCCOCCOCCOc3ccc(-c4ccc(OCCOCCOCCO[Si](C(C)C)(C(C)C)C(C)C)cc4)cc3)cc2)cc1)(C(C)C)C(C)C. The molecule has 0 fully saturated rings. The number of nitrogens with one attached hydrogen (secondary N) is 2. The Bertz CT molecular complexity index is 1840. The van der Waals surface area contributed by atoms with E-state index < -0.39 is 16.6 Å². The summed E-state index contributed by atoms with van der Waals surface area (Å²) in [6.45, 7) is 38.1. The standard InChI is InChI=1S/C60H96N2O10Si2/c1-47(2)73(48(3)4,49(5)6)71-45-41-67-36-34-64-32-30-62-58-23-15-54(16-24-58)53-13-21-57(22-14-53)61-29-31-63-33-35-65-39-43-69-59-25-17-55(18-26-59)56-19-27-60(28-20-56)70-44-40-66-37-38-68-42-46-72-74(50(7)8,51(9)10)52(11)12/h13-28,47-52,61-62H,29-46H2,1-12H3. The van der Waals surface area contributed by atoms with E-state index >= 15 is 0 Å². The average molecular weight is 1060 g/mol. The molecule has 0 spiro atoms. The van der Waals surface area contributed by atoms with Crippen LogP contribution in [0.3, 0.4) is 0 Å². The second kappa shape index (κ2) is 34.8. The van der Waals surface area contributed by atoms with E-state index in [4.69, 9.17) is 46.7 Å². The molecule has 0 aliphatic carbocycles. The summed E-state index contributed by atoms with van der Waals surface area (Å²) in [5, 5.41) is 6.88. The molecule has 4 rings (SSSR count). The molecule has 414 valence electrons. The van der Waals surface area contributed by atoms with Crippen molar-refractivity contribution in [1.29, 1.82) is 0 Å². The first kappa shape index (κ1) is 62.7. The van der Waals surface area contributed by atoms with Crippen molar-refractivity contribution >= 4 is 28.0 Å². The van der Waals surface area contributed by atoms with E-state index in [-0.39, 0.29) is 0 Å². The zero-order valence-electron chi connectivity index (χ0n) is 47.5. The minimum atomic E-state index is -1.85. The Balaban J connectivity index is 0.956. The molecule has 4 aromatic carbocycles. The molecular formula is C60H96N2O10Si2. The van der Waals surface area contributed by atoms with Gasteiger partial charge in [0.25, 0.3) is 0 Å². The molecule has 0 radical (unpaired) electrons. The van der Waals surface area contributed by atoms with Crippen LogP contribution < -0.4 is 20.1 Å².